The number of carbonyl (C=O) groups excluding carboxylic acids is 2. The standard InChI is InChI=1S/C27H41N5O4/c1-16(31-25(35)36-26(2,3)4)24(34)32-6-5-20-21(14-32)29-15-30-23(20)28-13-22(33)27-10-17-7-18(11-27)9-19(8-17)12-27/h15-19,22,33H,5-14H2,1-4H3,(H,31,35)(H,28,29,30)/t16-,17?,18?,19?,22?,27?/m1/s1. The zero-order valence-corrected chi connectivity index (χ0v) is 22.0. The topological polar surface area (TPSA) is 117 Å². The van der Waals surface area contributed by atoms with Gasteiger partial charge < -0.3 is 25.4 Å². The van der Waals surface area contributed by atoms with Crippen LogP contribution in [0.4, 0.5) is 10.6 Å². The number of nitrogens with zero attached hydrogens (tertiary/aromatic N) is 3. The first-order valence-corrected chi connectivity index (χ1v) is 13.5. The molecule has 3 N–H and O–H groups in total. The van der Waals surface area contributed by atoms with E-state index < -0.39 is 17.7 Å². The van der Waals surface area contributed by atoms with E-state index in [-0.39, 0.29) is 17.4 Å². The van der Waals surface area contributed by atoms with Gasteiger partial charge in [-0.25, -0.2) is 14.8 Å². The van der Waals surface area contributed by atoms with Crippen molar-refractivity contribution in [2.45, 2.75) is 96.9 Å². The molecule has 5 aliphatic rings. The molecule has 1 aromatic rings. The summed E-state index contributed by atoms with van der Waals surface area (Å²) in [5, 5.41) is 17.4. The van der Waals surface area contributed by atoms with Gasteiger partial charge in [-0.1, -0.05) is 0 Å². The van der Waals surface area contributed by atoms with Crippen molar-refractivity contribution in [3.05, 3.63) is 17.6 Å². The average Bonchev–Trinajstić information content (AvgIpc) is 2.79. The first kappa shape index (κ1) is 25.2. The Balaban J connectivity index is 1.18. The first-order chi connectivity index (χ1) is 17.0. The van der Waals surface area contributed by atoms with E-state index in [4.69, 9.17) is 4.74 Å². The second kappa shape index (κ2) is 9.47. The minimum absolute atomic E-state index is 0.0648. The molecular formula is C27H41N5O4. The minimum Gasteiger partial charge on any atom is -0.444 e. The highest BCUT2D eigenvalue weighted by Crippen LogP contribution is 2.61. The Morgan fingerprint density at radius 2 is 1.81 bits per heavy atom. The maximum atomic E-state index is 13.0. The maximum Gasteiger partial charge on any atom is 0.408 e. The van der Waals surface area contributed by atoms with Crippen LogP contribution in [0.1, 0.15) is 77.5 Å². The lowest BCUT2D eigenvalue weighted by molar-refractivity contribution is -0.134. The monoisotopic (exact) mass is 499 g/mol. The SMILES string of the molecule is C[C@@H](NC(=O)OC(C)(C)C)C(=O)N1CCc2c(ncnc2NCC(O)C23CC4CC(CC(C4)C2)C3)C1. The number of anilines is 1. The maximum absolute atomic E-state index is 13.0. The number of ether oxygens (including phenoxy) is 1. The van der Waals surface area contributed by atoms with Crippen molar-refractivity contribution in [1.29, 1.82) is 0 Å². The van der Waals surface area contributed by atoms with E-state index >= 15 is 0 Å². The molecule has 36 heavy (non-hydrogen) atoms. The molecule has 4 saturated carbocycles. The van der Waals surface area contributed by atoms with Gasteiger partial charge >= 0.3 is 6.09 Å². The Bertz CT molecular complexity index is 971. The Hall–Kier alpha value is -2.42. The predicted molar refractivity (Wildman–Crippen MR) is 135 cm³/mol. The quantitative estimate of drug-likeness (QED) is 0.550. The lowest BCUT2D eigenvalue weighted by Gasteiger charge is -2.58. The van der Waals surface area contributed by atoms with Crippen LogP contribution in [0.3, 0.4) is 0 Å². The van der Waals surface area contributed by atoms with Crippen LogP contribution in [-0.2, 0) is 22.5 Å². The molecule has 4 fully saturated rings. The third kappa shape index (κ3) is 5.17. The van der Waals surface area contributed by atoms with Gasteiger partial charge in [0.15, 0.2) is 0 Å². The number of alkyl carbamates (subject to hydrolysis) is 1. The van der Waals surface area contributed by atoms with Crippen molar-refractivity contribution in [2.75, 3.05) is 18.4 Å². The lowest BCUT2D eigenvalue weighted by Crippen LogP contribution is -2.53. The van der Waals surface area contributed by atoms with Crippen molar-refractivity contribution in [1.82, 2.24) is 20.2 Å². The molecule has 2 heterocycles. The number of nitrogens with one attached hydrogen (secondary N) is 2. The van der Waals surface area contributed by atoms with E-state index in [2.05, 4.69) is 20.6 Å². The fraction of sp³-hybridized carbons (Fsp3) is 0.778. The summed E-state index contributed by atoms with van der Waals surface area (Å²) in [6.07, 6.45) is 8.74. The molecule has 9 nitrogen and oxygen atoms in total. The third-order valence-electron chi connectivity index (χ3n) is 8.68. The van der Waals surface area contributed by atoms with Gasteiger partial charge in [-0.2, -0.15) is 0 Å². The normalized spacial score (nSPS) is 30.4. The Morgan fingerprint density at radius 3 is 2.42 bits per heavy atom. The van der Waals surface area contributed by atoms with Crippen LogP contribution in [0.5, 0.6) is 0 Å². The first-order valence-electron chi connectivity index (χ1n) is 13.5. The summed E-state index contributed by atoms with van der Waals surface area (Å²) in [4.78, 5) is 35.7. The van der Waals surface area contributed by atoms with E-state index in [1.165, 1.54) is 25.6 Å². The number of fused-ring (bicyclic) bond motifs is 1. The van der Waals surface area contributed by atoms with Crippen LogP contribution >= 0.6 is 0 Å². The van der Waals surface area contributed by atoms with Crippen LogP contribution in [0.2, 0.25) is 0 Å². The molecule has 4 bridgehead atoms. The molecule has 0 aromatic carbocycles. The largest absolute Gasteiger partial charge is 0.444 e. The van der Waals surface area contributed by atoms with Crippen LogP contribution in [0.15, 0.2) is 6.33 Å². The lowest BCUT2D eigenvalue weighted by atomic mass is 9.48. The smallest absolute Gasteiger partial charge is 0.408 e. The van der Waals surface area contributed by atoms with E-state index in [1.807, 2.05) is 0 Å². The molecule has 2 amide bonds. The fourth-order valence-electron chi connectivity index (χ4n) is 7.51. The van der Waals surface area contributed by atoms with E-state index in [9.17, 15) is 14.7 Å². The molecule has 0 saturated heterocycles. The van der Waals surface area contributed by atoms with Crippen LogP contribution in [-0.4, -0.2) is 62.8 Å². The van der Waals surface area contributed by atoms with Crippen molar-refractivity contribution >= 4 is 17.8 Å². The second-order valence-electron chi connectivity index (χ2n) is 12.7. The summed E-state index contributed by atoms with van der Waals surface area (Å²) >= 11 is 0. The van der Waals surface area contributed by atoms with Gasteiger partial charge in [-0.05, 0) is 95.8 Å². The summed E-state index contributed by atoms with van der Waals surface area (Å²) in [5.74, 6) is 2.99. The average molecular weight is 500 g/mol. The summed E-state index contributed by atoms with van der Waals surface area (Å²) in [6.45, 7) is 8.40. The van der Waals surface area contributed by atoms with E-state index in [0.717, 1.165) is 54.1 Å². The highest BCUT2D eigenvalue weighted by Gasteiger charge is 2.53. The van der Waals surface area contributed by atoms with Crippen molar-refractivity contribution in [3.63, 3.8) is 0 Å². The van der Waals surface area contributed by atoms with Gasteiger partial charge in [0.2, 0.25) is 5.91 Å². The number of carbonyl (C=O) groups is 2. The van der Waals surface area contributed by atoms with Gasteiger partial charge in [-0.15, -0.1) is 0 Å². The zero-order chi connectivity index (χ0) is 25.7. The highest BCUT2D eigenvalue weighted by molar-refractivity contribution is 5.85. The second-order valence-corrected chi connectivity index (χ2v) is 12.7. The summed E-state index contributed by atoms with van der Waals surface area (Å²) in [7, 11) is 0. The van der Waals surface area contributed by atoms with Gasteiger partial charge in [-0.3, -0.25) is 4.79 Å². The number of rotatable bonds is 6. The number of hydrogen-bond acceptors (Lipinski definition) is 7. The Morgan fingerprint density at radius 1 is 1.17 bits per heavy atom. The molecule has 0 spiro atoms. The van der Waals surface area contributed by atoms with E-state index in [1.54, 1.807) is 32.6 Å². The number of aliphatic hydroxyl groups excluding tert-OH is 1. The van der Waals surface area contributed by atoms with Crippen molar-refractivity contribution in [2.24, 2.45) is 23.2 Å². The summed E-state index contributed by atoms with van der Waals surface area (Å²) < 4.78 is 5.27. The summed E-state index contributed by atoms with van der Waals surface area (Å²) in [6, 6.07) is -0.698. The molecule has 2 atom stereocenters. The van der Waals surface area contributed by atoms with Crippen LogP contribution < -0.4 is 10.6 Å². The number of aliphatic hydroxyl groups is 1. The molecule has 198 valence electrons. The fourth-order valence-corrected chi connectivity index (χ4v) is 7.51. The summed E-state index contributed by atoms with van der Waals surface area (Å²) in [5.41, 5.74) is 1.25. The molecular weight excluding hydrogens is 458 g/mol. The van der Waals surface area contributed by atoms with Gasteiger partial charge in [0.1, 0.15) is 23.8 Å². The van der Waals surface area contributed by atoms with Crippen molar-refractivity contribution < 1.29 is 19.4 Å². The Kier molecular flexibility index (Phi) is 6.64. The molecule has 1 aliphatic heterocycles. The van der Waals surface area contributed by atoms with Gasteiger partial charge in [0, 0.05) is 18.7 Å². The molecule has 0 radical (unpaired) electrons. The predicted octanol–water partition coefficient (Wildman–Crippen LogP) is 3.26. The third-order valence-corrected chi connectivity index (χ3v) is 8.68. The molecule has 9 heteroatoms. The number of hydrogen-bond donors (Lipinski definition) is 3. The van der Waals surface area contributed by atoms with E-state index in [0.29, 0.717) is 26.1 Å². The molecule has 4 aliphatic carbocycles. The minimum atomic E-state index is -0.698. The number of aromatic nitrogens is 2. The van der Waals surface area contributed by atoms with Gasteiger partial charge in [0.25, 0.3) is 0 Å². The molecule has 1 aromatic heterocycles. The Labute approximate surface area is 213 Å². The van der Waals surface area contributed by atoms with Crippen molar-refractivity contribution in [3.8, 4) is 0 Å². The van der Waals surface area contributed by atoms with Gasteiger partial charge in [0.05, 0.1) is 18.3 Å². The van der Waals surface area contributed by atoms with Crippen LogP contribution in [0, 0.1) is 23.2 Å². The molecule has 6 rings (SSSR count). The number of amides is 2. The molecule has 1 unspecified atom stereocenters. The zero-order valence-electron chi connectivity index (χ0n) is 22.0. The highest BCUT2D eigenvalue weighted by atomic mass is 16.6. The van der Waals surface area contributed by atoms with Crippen LogP contribution in [0.25, 0.3) is 0 Å².